The maximum Gasteiger partial charge on any atom is 0.344 e. The Morgan fingerprint density at radius 2 is 1.88 bits per heavy atom. The van der Waals surface area contributed by atoms with Crippen molar-refractivity contribution in [1.82, 2.24) is 19.6 Å². The van der Waals surface area contributed by atoms with Gasteiger partial charge in [0.1, 0.15) is 0 Å². The molecular weight excluding hydrogens is 328 g/mol. The summed E-state index contributed by atoms with van der Waals surface area (Å²) in [6, 6.07) is 8.17. The maximum atomic E-state index is 12.6. The van der Waals surface area contributed by atoms with Gasteiger partial charge < -0.3 is 10.0 Å². The molecule has 1 atom stereocenters. The van der Waals surface area contributed by atoms with Crippen molar-refractivity contribution in [1.29, 1.82) is 0 Å². The number of likely N-dealkylation sites (tertiary alicyclic amines) is 2. The van der Waals surface area contributed by atoms with Crippen LogP contribution in [-0.2, 0) is 13.2 Å². The van der Waals surface area contributed by atoms with Crippen molar-refractivity contribution in [3.8, 4) is 0 Å². The van der Waals surface area contributed by atoms with Crippen molar-refractivity contribution in [2.45, 2.75) is 32.9 Å². The van der Waals surface area contributed by atoms with Gasteiger partial charge in [-0.15, -0.1) is 0 Å². The number of aliphatic hydroxyl groups excluding tert-OH is 1. The number of benzene rings is 1. The second-order valence-electron chi connectivity index (χ2n) is 7.85. The molecule has 6 heteroatoms. The Labute approximate surface area is 154 Å². The van der Waals surface area contributed by atoms with E-state index in [1.54, 1.807) is 12.4 Å². The predicted octanol–water partition coefficient (Wildman–Crippen LogP) is 2.25. The van der Waals surface area contributed by atoms with Crippen molar-refractivity contribution in [2.24, 2.45) is 5.41 Å². The number of aryl methyl sites for hydroxylation is 1. The zero-order valence-corrected chi connectivity index (χ0v) is 15.3. The van der Waals surface area contributed by atoms with Crippen LogP contribution in [0.2, 0.25) is 0 Å². The quantitative estimate of drug-likeness (QED) is 0.918. The molecule has 4 rings (SSSR count). The van der Waals surface area contributed by atoms with Gasteiger partial charge in [0.05, 0.1) is 12.8 Å². The van der Waals surface area contributed by atoms with Crippen molar-refractivity contribution >= 4 is 6.03 Å². The lowest BCUT2D eigenvalue weighted by Gasteiger charge is -2.24. The average molecular weight is 354 g/mol. The van der Waals surface area contributed by atoms with Crippen LogP contribution in [0.4, 0.5) is 4.79 Å². The van der Waals surface area contributed by atoms with Crippen molar-refractivity contribution in [2.75, 3.05) is 26.2 Å². The number of hydrogen-bond donors (Lipinski definition) is 1. The molecule has 0 bridgehead atoms. The highest BCUT2D eigenvalue weighted by Crippen LogP contribution is 2.40. The highest BCUT2D eigenvalue weighted by Gasteiger charge is 2.44. The molecule has 2 fully saturated rings. The van der Waals surface area contributed by atoms with Crippen LogP contribution < -0.4 is 0 Å². The molecule has 2 aliphatic heterocycles. The van der Waals surface area contributed by atoms with Gasteiger partial charge in [-0.1, -0.05) is 24.3 Å². The van der Waals surface area contributed by atoms with Crippen LogP contribution >= 0.6 is 0 Å². The molecule has 6 nitrogen and oxygen atoms in total. The van der Waals surface area contributed by atoms with Crippen LogP contribution in [0.1, 0.15) is 29.5 Å². The molecule has 1 spiro atoms. The van der Waals surface area contributed by atoms with Gasteiger partial charge in [-0.2, -0.15) is 9.78 Å². The Kier molecular flexibility index (Phi) is 4.54. The average Bonchev–Trinajstić information content (AvgIpc) is 3.37. The summed E-state index contributed by atoms with van der Waals surface area (Å²) in [5.74, 6) is 0. The van der Waals surface area contributed by atoms with E-state index in [1.165, 1.54) is 10.2 Å². The Hall–Kier alpha value is -2.18. The smallest absolute Gasteiger partial charge is 0.344 e. The van der Waals surface area contributed by atoms with Crippen LogP contribution in [0.5, 0.6) is 0 Å². The number of carbonyl (C=O) groups excluding carboxylic acids is 1. The normalized spacial score (nSPS) is 23.2. The molecule has 1 unspecified atom stereocenters. The third-order valence-corrected chi connectivity index (χ3v) is 5.75. The topological polar surface area (TPSA) is 61.6 Å². The number of amides is 1. The summed E-state index contributed by atoms with van der Waals surface area (Å²) < 4.78 is 1.46. The first kappa shape index (κ1) is 17.2. The third kappa shape index (κ3) is 3.39. The first-order valence-electron chi connectivity index (χ1n) is 9.29. The molecular formula is C20H26N4O2. The van der Waals surface area contributed by atoms with Crippen LogP contribution in [-0.4, -0.2) is 56.9 Å². The van der Waals surface area contributed by atoms with E-state index in [0.29, 0.717) is 0 Å². The fourth-order valence-electron chi connectivity index (χ4n) is 4.26. The van der Waals surface area contributed by atoms with E-state index < -0.39 is 0 Å². The lowest BCUT2D eigenvalue weighted by atomic mass is 9.86. The highest BCUT2D eigenvalue weighted by atomic mass is 16.3. The number of hydrogen-bond acceptors (Lipinski definition) is 4. The summed E-state index contributed by atoms with van der Waals surface area (Å²) in [6.45, 7) is 6.72. The molecule has 0 aliphatic carbocycles. The molecule has 2 aliphatic rings. The van der Waals surface area contributed by atoms with E-state index in [0.717, 1.165) is 56.7 Å². The van der Waals surface area contributed by atoms with E-state index in [4.69, 9.17) is 5.11 Å². The van der Waals surface area contributed by atoms with E-state index in [2.05, 4.69) is 22.1 Å². The molecule has 1 aromatic heterocycles. The highest BCUT2D eigenvalue weighted by molar-refractivity contribution is 5.76. The Morgan fingerprint density at radius 1 is 1.15 bits per heavy atom. The zero-order chi connectivity index (χ0) is 18.1. The lowest BCUT2D eigenvalue weighted by Crippen LogP contribution is -2.36. The van der Waals surface area contributed by atoms with Gasteiger partial charge in [0.15, 0.2) is 0 Å². The molecule has 2 saturated heterocycles. The second kappa shape index (κ2) is 6.85. The summed E-state index contributed by atoms with van der Waals surface area (Å²) in [5, 5.41) is 13.3. The molecule has 3 heterocycles. The summed E-state index contributed by atoms with van der Waals surface area (Å²) in [4.78, 5) is 17.1. The fraction of sp³-hybridized carbons (Fsp3) is 0.500. The molecule has 1 amide bonds. The Balaban J connectivity index is 1.36. The minimum atomic E-state index is -0.00647. The number of aliphatic hydroxyl groups is 1. The van der Waals surface area contributed by atoms with E-state index >= 15 is 0 Å². The van der Waals surface area contributed by atoms with Crippen LogP contribution in [0, 0.1) is 12.3 Å². The SMILES string of the molecule is Cc1cnn(C(=O)N2CCC3(CCN(Cc4ccc(CO)cc4)C3)C2)c1. The number of rotatable bonds is 3. The van der Waals surface area contributed by atoms with E-state index in [1.807, 2.05) is 24.0 Å². The molecule has 1 aromatic carbocycles. The molecule has 1 N–H and O–H groups in total. The van der Waals surface area contributed by atoms with Gasteiger partial charge in [0, 0.05) is 37.8 Å². The maximum absolute atomic E-state index is 12.6. The van der Waals surface area contributed by atoms with Crippen molar-refractivity contribution < 1.29 is 9.90 Å². The minimum absolute atomic E-state index is 0.00647. The second-order valence-corrected chi connectivity index (χ2v) is 7.85. The first-order valence-corrected chi connectivity index (χ1v) is 9.29. The van der Waals surface area contributed by atoms with Crippen LogP contribution in [0.25, 0.3) is 0 Å². The van der Waals surface area contributed by atoms with Gasteiger partial charge in [0.2, 0.25) is 0 Å². The number of nitrogens with zero attached hydrogens (tertiary/aromatic N) is 4. The molecule has 26 heavy (non-hydrogen) atoms. The van der Waals surface area contributed by atoms with Gasteiger partial charge in [-0.05, 0) is 43.0 Å². The van der Waals surface area contributed by atoms with Gasteiger partial charge in [-0.3, -0.25) is 4.90 Å². The van der Waals surface area contributed by atoms with Gasteiger partial charge in [0.25, 0.3) is 0 Å². The van der Waals surface area contributed by atoms with Crippen LogP contribution in [0.15, 0.2) is 36.7 Å². The number of carbonyl (C=O) groups is 1. The molecule has 0 radical (unpaired) electrons. The summed E-state index contributed by atoms with van der Waals surface area (Å²) in [5.41, 5.74) is 3.46. The monoisotopic (exact) mass is 354 g/mol. The molecule has 2 aromatic rings. The Morgan fingerprint density at radius 3 is 2.58 bits per heavy atom. The third-order valence-electron chi connectivity index (χ3n) is 5.75. The Bertz CT molecular complexity index is 785. The molecule has 138 valence electrons. The lowest BCUT2D eigenvalue weighted by molar-refractivity contribution is 0.196. The summed E-state index contributed by atoms with van der Waals surface area (Å²) in [7, 11) is 0. The first-order chi connectivity index (χ1) is 12.6. The van der Waals surface area contributed by atoms with Gasteiger partial charge >= 0.3 is 6.03 Å². The van der Waals surface area contributed by atoms with E-state index in [9.17, 15) is 4.79 Å². The summed E-state index contributed by atoms with van der Waals surface area (Å²) in [6.07, 6.45) is 5.73. The largest absolute Gasteiger partial charge is 0.392 e. The molecule has 0 saturated carbocycles. The fourth-order valence-corrected chi connectivity index (χ4v) is 4.26. The van der Waals surface area contributed by atoms with E-state index in [-0.39, 0.29) is 18.1 Å². The van der Waals surface area contributed by atoms with Crippen molar-refractivity contribution in [3.63, 3.8) is 0 Å². The van der Waals surface area contributed by atoms with Crippen molar-refractivity contribution in [3.05, 3.63) is 53.3 Å². The zero-order valence-electron chi connectivity index (χ0n) is 15.3. The standard InChI is InChI=1S/C20H26N4O2/c1-16-10-21-24(11-16)19(26)23-9-7-20(15-23)6-8-22(14-20)12-17-2-4-18(13-25)5-3-17/h2-5,10-11,25H,6-9,12-15H2,1H3. The number of aromatic nitrogens is 2. The predicted molar refractivity (Wildman–Crippen MR) is 98.6 cm³/mol. The summed E-state index contributed by atoms with van der Waals surface area (Å²) >= 11 is 0. The minimum Gasteiger partial charge on any atom is -0.392 e. The van der Waals surface area contributed by atoms with Crippen LogP contribution in [0.3, 0.4) is 0 Å². The van der Waals surface area contributed by atoms with Gasteiger partial charge in [-0.25, -0.2) is 4.79 Å².